The van der Waals surface area contributed by atoms with E-state index in [1.165, 1.54) is 22.0 Å². The van der Waals surface area contributed by atoms with E-state index in [0.717, 1.165) is 24.8 Å². The molecule has 0 atom stereocenters. The molecular formula is C32H26ClN5O3. The van der Waals surface area contributed by atoms with Crippen molar-refractivity contribution >= 4 is 28.9 Å². The average molecular weight is 564 g/mol. The summed E-state index contributed by atoms with van der Waals surface area (Å²) >= 11 is 6.19. The largest absolute Gasteiger partial charge is 0.453 e. The predicted molar refractivity (Wildman–Crippen MR) is 159 cm³/mol. The van der Waals surface area contributed by atoms with Gasteiger partial charge in [0.25, 0.3) is 11.5 Å². The Balaban J connectivity index is 1.32. The summed E-state index contributed by atoms with van der Waals surface area (Å²) in [6.45, 7) is 0.368. The van der Waals surface area contributed by atoms with Crippen molar-refractivity contribution in [2.45, 2.75) is 25.8 Å². The van der Waals surface area contributed by atoms with Crippen molar-refractivity contribution in [1.82, 2.24) is 20.1 Å². The number of amides is 1. The lowest BCUT2D eigenvalue weighted by atomic mass is 10.1. The minimum atomic E-state index is -0.432. The average Bonchev–Trinajstić information content (AvgIpc) is 3.46. The predicted octanol–water partition coefficient (Wildman–Crippen LogP) is 6.24. The van der Waals surface area contributed by atoms with Crippen LogP contribution in [0, 0.1) is 0 Å². The fourth-order valence-electron chi connectivity index (χ4n) is 4.83. The van der Waals surface area contributed by atoms with Crippen LogP contribution >= 0.6 is 11.6 Å². The number of hydrogen-bond donors (Lipinski definition) is 2. The fraction of sp³-hybridized carbons (Fsp3) is 0.125. The Morgan fingerprint density at radius 2 is 1.78 bits per heavy atom. The maximum Gasteiger partial charge on any atom is 0.299 e. The fourth-order valence-corrected chi connectivity index (χ4v) is 5.01. The minimum Gasteiger partial charge on any atom is -0.453 e. The molecule has 41 heavy (non-hydrogen) atoms. The first-order valence-electron chi connectivity index (χ1n) is 13.3. The number of benzene rings is 3. The van der Waals surface area contributed by atoms with Crippen molar-refractivity contribution in [2.75, 3.05) is 5.32 Å². The zero-order chi connectivity index (χ0) is 28.2. The quantitative estimate of drug-likeness (QED) is 0.232. The van der Waals surface area contributed by atoms with Gasteiger partial charge >= 0.3 is 0 Å². The molecule has 0 bridgehead atoms. The molecule has 0 saturated carbocycles. The molecule has 0 spiro atoms. The van der Waals surface area contributed by atoms with Crippen molar-refractivity contribution < 1.29 is 9.53 Å². The van der Waals surface area contributed by atoms with E-state index in [2.05, 4.69) is 26.8 Å². The Morgan fingerprint density at radius 3 is 2.63 bits per heavy atom. The van der Waals surface area contributed by atoms with Gasteiger partial charge in [0.1, 0.15) is 5.75 Å². The molecule has 204 valence electrons. The number of carbonyl (C=O) groups is 1. The lowest BCUT2D eigenvalue weighted by Gasteiger charge is -2.15. The van der Waals surface area contributed by atoms with Gasteiger partial charge in [0.05, 0.1) is 11.9 Å². The van der Waals surface area contributed by atoms with Crippen molar-refractivity contribution in [2.24, 2.45) is 0 Å². The zero-order valence-electron chi connectivity index (χ0n) is 22.0. The Hall–Kier alpha value is -4.95. The van der Waals surface area contributed by atoms with Crippen LogP contribution < -0.4 is 20.9 Å². The maximum atomic E-state index is 13.8. The topological polar surface area (TPSA) is 98.1 Å². The second kappa shape index (κ2) is 11.7. The molecule has 8 nitrogen and oxygen atoms in total. The molecule has 2 N–H and O–H groups in total. The summed E-state index contributed by atoms with van der Waals surface area (Å²) in [5.41, 5.74) is 4.75. The lowest BCUT2D eigenvalue weighted by Crippen LogP contribution is -2.24. The normalized spacial score (nSPS) is 12.0. The van der Waals surface area contributed by atoms with Gasteiger partial charge in [-0.1, -0.05) is 29.8 Å². The van der Waals surface area contributed by atoms with Gasteiger partial charge in [-0.05, 0) is 96.6 Å². The third kappa shape index (κ3) is 5.97. The zero-order valence-corrected chi connectivity index (χ0v) is 22.8. The Bertz CT molecular complexity index is 1790. The highest BCUT2D eigenvalue weighted by molar-refractivity contribution is 6.30. The van der Waals surface area contributed by atoms with E-state index in [-0.39, 0.29) is 17.3 Å². The van der Waals surface area contributed by atoms with E-state index < -0.39 is 5.56 Å². The second-order valence-corrected chi connectivity index (χ2v) is 10.1. The molecule has 2 aromatic heterocycles. The number of aryl methyl sites for hydroxylation is 2. The van der Waals surface area contributed by atoms with E-state index in [9.17, 15) is 9.59 Å². The van der Waals surface area contributed by atoms with Crippen molar-refractivity contribution in [1.29, 1.82) is 0 Å². The van der Waals surface area contributed by atoms with Gasteiger partial charge in [-0.25, -0.2) is 0 Å². The molecule has 0 aliphatic heterocycles. The highest BCUT2D eigenvalue weighted by Crippen LogP contribution is 2.32. The molecule has 0 unspecified atom stereocenters. The molecule has 0 saturated heterocycles. The number of ether oxygens (including phenoxy) is 1. The van der Waals surface area contributed by atoms with Gasteiger partial charge in [-0.3, -0.25) is 14.6 Å². The number of nitrogens with zero attached hydrogens (tertiary/aromatic N) is 3. The number of hydrogen-bond acceptors (Lipinski definition) is 6. The van der Waals surface area contributed by atoms with E-state index in [1.807, 2.05) is 24.3 Å². The molecular weight excluding hydrogens is 538 g/mol. The van der Waals surface area contributed by atoms with E-state index in [0.29, 0.717) is 34.3 Å². The lowest BCUT2D eigenvalue weighted by molar-refractivity contribution is 0.0951. The summed E-state index contributed by atoms with van der Waals surface area (Å²) in [4.78, 5) is 30.7. The summed E-state index contributed by atoms with van der Waals surface area (Å²) in [6, 6.07) is 23.5. The standard InChI is InChI=1S/C32H26ClN5O3/c33-25-7-3-9-27(18-25)38-32(40)30(29(20-36-38)41-28-11-10-22-4-1-5-23(22)17-28)37-26-8-2-6-24(16-26)31(39)35-19-21-12-14-34-15-13-21/h2-3,6-18,20,37H,1,4-5,19H2,(H,35,39). The van der Waals surface area contributed by atoms with Gasteiger partial charge < -0.3 is 15.4 Å². The number of anilines is 2. The molecule has 0 fully saturated rings. The number of rotatable bonds is 8. The van der Waals surface area contributed by atoms with Gasteiger partial charge in [0.2, 0.25) is 0 Å². The molecule has 1 aliphatic rings. The molecule has 6 rings (SSSR count). The van der Waals surface area contributed by atoms with Gasteiger partial charge in [-0.2, -0.15) is 9.78 Å². The van der Waals surface area contributed by atoms with Crippen LogP contribution in [0.3, 0.4) is 0 Å². The number of pyridine rings is 1. The highest BCUT2D eigenvalue weighted by atomic mass is 35.5. The SMILES string of the molecule is O=C(NCc1ccncc1)c1cccc(Nc2c(Oc3ccc4c(c3)CCC4)cnn(-c3cccc(Cl)c3)c2=O)c1. The summed E-state index contributed by atoms with van der Waals surface area (Å²) in [5, 5.41) is 11.0. The molecule has 3 aromatic carbocycles. The van der Waals surface area contributed by atoms with Gasteiger partial charge in [0.15, 0.2) is 11.4 Å². The number of nitrogens with one attached hydrogen (secondary N) is 2. The Kier molecular flexibility index (Phi) is 7.47. The molecule has 0 radical (unpaired) electrons. The van der Waals surface area contributed by atoms with Crippen molar-refractivity contribution in [3.63, 3.8) is 0 Å². The van der Waals surface area contributed by atoms with Crippen LogP contribution in [-0.4, -0.2) is 20.7 Å². The van der Waals surface area contributed by atoms with Crippen LogP contribution in [0.15, 0.2) is 102 Å². The number of aromatic nitrogens is 3. The van der Waals surface area contributed by atoms with E-state index in [1.54, 1.807) is 60.9 Å². The minimum absolute atomic E-state index is 0.176. The van der Waals surface area contributed by atoms with Crippen LogP contribution in [0.4, 0.5) is 11.4 Å². The van der Waals surface area contributed by atoms with Crippen LogP contribution in [0.1, 0.15) is 33.5 Å². The van der Waals surface area contributed by atoms with Gasteiger partial charge in [0, 0.05) is 35.2 Å². The molecule has 1 aliphatic carbocycles. The van der Waals surface area contributed by atoms with Gasteiger partial charge in [-0.15, -0.1) is 0 Å². The first-order chi connectivity index (χ1) is 20.0. The second-order valence-electron chi connectivity index (χ2n) is 9.71. The van der Waals surface area contributed by atoms with Crippen LogP contribution in [-0.2, 0) is 19.4 Å². The summed E-state index contributed by atoms with van der Waals surface area (Å²) in [7, 11) is 0. The van der Waals surface area contributed by atoms with Crippen LogP contribution in [0.5, 0.6) is 11.5 Å². The maximum absolute atomic E-state index is 13.8. The summed E-state index contributed by atoms with van der Waals surface area (Å²) in [5.74, 6) is 0.643. The molecule has 9 heteroatoms. The summed E-state index contributed by atoms with van der Waals surface area (Å²) in [6.07, 6.45) is 8.05. The number of carbonyl (C=O) groups excluding carboxylic acids is 1. The van der Waals surface area contributed by atoms with Crippen LogP contribution in [0.25, 0.3) is 5.69 Å². The summed E-state index contributed by atoms with van der Waals surface area (Å²) < 4.78 is 7.48. The Labute approximate surface area is 241 Å². The molecule has 1 amide bonds. The van der Waals surface area contributed by atoms with Crippen LogP contribution in [0.2, 0.25) is 5.02 Å². The van der Waals surface area contributed by atoms with E-state index >= 15 is 0 Å². The van der Waals surface area contributed by atoms with Crippen molar-refractivity contribution in [3.05, 3.63) is 135 Å². The Morgan fingerprint density at radius 1 is 0.951 bits per heavy atom. The highest BCUT2D eigenvalue weighted by Gasteiger charge is 2.18. The monoisotopic (exact) mass is 563 g/mol. The van der Waals surface area contributed by atoms with Crippen molar-refractivity contribution in [3.8, 4) is 17.2 Å². The molecule has 5 aromatic rings. The first kappa shape index (κ1) is 26.3. The number of fused-ring (bicyclic) bond motifs is 1. The molecule has 2 heterocycles. The van der Waals surface area contributed by atoms with E-state index in [4.69, 9.17) is 16.3 Å². The number of halogens is 1. The first-order valence-corrected chi connectivity index (χ1v) is 13.6. The smallest absolute Gasteiger partial charge is 0.299 e. The third-order valence-electron chi connectivity index (χ3n) is 6.89. The third-order valence-corrected chi connectivity index (χ3v) is 7.13.